The Labute approximate surface area is 218 Å². The summed E-state index contributed by atoms with van der Waals surface area (Å²) in [6, 6.07) is 16.1. The highest BCUT2D eigenvalue weighted by Crippen LogP contribution is 2.39. The van der Waals surface area contributed by atoms with Crippen LogP contribution in [0.5, 0.6) is 0 Å². The van der Waals surface area contributed by atoms with Crippen molar-refractivity contribution in [2.75, 3.05) is 13.7 Å². The molecule has 8 nitrogen and oxygen atoms in total. The van der Waals surface area contributed by atoms with E-state index >= 15 is 0 Å². The van der Waals surface area contributed by atoms with Gasteiger partial charge in [0.05, 0.1) is 26.2 Å². The molecule has 1 aliphatic rings. The Hall–Kier alpha value is -3.59. The third kappa shape index (κ3) is 6.22. The monoisotopic (exact) mass is 521 g/mol. The fourth-order valence-electron chi connectivity index (χ4n) is 4.71. The molecule has 0 bridgehead atoms. The smallest absolute Gasteiger partial charge is 0.329 e. The summed E-state index contributed by atoms with van der Waals surface area (Å²) >= 11 is 0. The van der Waals surface area contributed by atoms with E-state index in [9.17, 15) is 14.4 Å². The van der Waals surface area contributed by atoms with E-state index in [0.29, 0.717) is 13.0 Å². The highest BCUT2D eigenvalue weighted by Gasteiger charge is 2.44. The van der Waals surface area contributed by atoms with Crippen LogP contribution >= 0.6 is 0 Å². The number of hydrogen-bond donors (Lipinski definition) is 2. The van der Waals surface area contributed by atoms with Gasteiger partial charge in [-0.3, -0.25) is 4.79 Å². The molecule has 1 aromatic heterocycles. The van der Waals surface area contributed by atoms with Crippen LogP contribution in [-0.2, 0) is 32.0 Å². The number of aromatic amines is 1. The standard InChI is InChI=1S/C28H35N3O5Si/c1-35-25(32)17-23-26-21(20-12-8-9-13-22(20)30-26)16-24(27(33)36-14-15-37(2,3)4)31(23)28(34)29-18-19-10-6-5-7-11-19/h5-13,23-24,30H,14-18H2,1-4H3,(H,29,34)/t23-,24+/m1/s1. The van der Waals surface area contributed by atoms with Crippen LogP contribution < -0.4 is 5.32 Å². The first kappa shape index (κ1) is 26.5. The maximum absolute atomic E-state index is 13.7. The van der Waals surface area contributed by atoms with Crippen molar-refractivity contribution in [1.82, 2.24) is 15.2 Å². The molecule has 0 saturated carbocycles. The summed E-state index contributed by atoms with van der Waals surface area (Å²) in [5, 5.41) is 3.91. The van der Waals surface area contributed by atoms with Crippen molar-refractivity contribution < 1.29 is 23.9 Å². The predicted molar refractivity (Wildman–Crippen MR) is 145 cm³/mol. The van der Waals surface area contributed by atoms with E-state index in [1.807, 2.05) is 54.6 Å². The van der Waals surface area contributed by atoms with Crippen molar-refractivity contribution in [2.24, 2.45) is 0 Å². The fraction of sp³-hybridized carbons (Fsp3) is 0.393. The Morgan fingerprint density at radius 1 is 1.05 bits per heavy atom. The molecular weight excluding hydrogens is 486 g/mol. The summed E-state index contributed by atoms with van der Waals surface area (Å²) in [6.45, 7) is 7.26. The molecule has 2 N–H and O–H groups in total. The van der Waals surface area contributed by atoms with Gasteiger partial charge in [-0.15, -0.1) is 0 Å². The summed E-state index contributed by atoms with van der Waals surface area (Å²) in [4.78, 5) is 44.5. The van der Waals surface area contributed by atoms with Crippen LogP contribution in [0.25, 0.3) is 10.9 Å². The highest BCUT2D eigenvalue weighted by molar-refractivity contribution is 6.76. The molecule has 0 radical (unpaired) electrons. The van der Waals surface area contributed by atoms with Crippen molar-refractivity contribution in [3.8, 4) is 0 Å². The lowest BCUT2D eigenvalue weighted by atomic mass is 9.90. The van der Waals surface area contributed by atoms with Gasteiger partial charge in [0.1, 0.15) is 6.04 Å². The molecule has 0 spiro atoms. The van der Waals surface area contributed by atoms with Crippen LogP contribution in [0, 0.1) is 0 Å². The molecule has 37 heavy (non-hydrogen) atoms. The maximum atomic E-state index is 13.7. The van der Waals surface area contributed by atoms with Gasteiger partial charge in [-0.25, -0.2) is 9.59 Å². The number of rotatable bonds is 8. The summed E-state index contributed by atoms with van der Waals surface area (Å²) in [5.74, 6) is -0.929. The van der Waals surface area contributed by atoms with Gasteiger partial charge in [-0.05, 0) is 23.2 Å². The van der Waals surface area contributed by atoms with Gasteiger partial charge < -0.3 is 24.7 Å². The van der Waals surface area contributed by atoms with Gasteiger partial charge in [-0.1, -0.05) is 68.2 Å². The van der Waals surface area contributed by atoms with Crippen LogP contribution in [0.15, 0.2) is 54.6 Å². The van der Waals surface area contributed by atoms with E-state index in [1.54, 1.807) is 0 Å². The van der Waals surface area contributed by atoms with Crippen LogP contribution in [0.1, 0.15) is 29.3 Å². The van der Waals surface area contributed by atoms with Crippen molar-refractivity contribution in [3.63, 3.8) is 0 Å². The number of methoxy groups -OCH3 is 1. The van der Waals surface area contributed by atoms with Crippen LogP contribution in [0.3, 0.4) is 0 Å². The Morgan fingerprint density at radius 2 is 1.76 bits per heavy atom. The van der Waals surface area contributed by atoms with Gasteiger partial charge in [0.15, 0.2) is 0 Å². The molecule has 2 aromatic carbocycles. The molecule has 0 saturated heterocycles. The quantitative estimate of drug-likeness (QED) is 0.328. The van der Waals surface area contributed by atoms with Crippen LogP contribution in [0.4, 0.5) is 4.79 Å². The molecule has 196 valence electrons. The SMILES string of the molecule is COC(=O)C[C@@H]1c2[nH]c3ccccc3c2C[C@@H](C(=O)OCC[Si](C)(C)C)N1C(=O)NCc1ccccc1. The zero-order valence-corrected chi connectivity index (χ0v) is 22.9. The molecule has 2 atom stereocenters. The Balaban J connectivity index is 1.70. The Morgan fingerprint density at radius 3 is 2.46 bits per heavy atom. The average molecular weight is 522 g/mol. The Kier molecular flexibility index (Phi) is 8.02. The van der Waals surface area contributed by atoms with Gasteiger partial charge in [0.25, 0.3) is 0 Å². The van der Waals surface area contributed by atoms with E-state index in [2.05, 4.69) is 29.9 Å². The van der Waals surface area contributed by atoms with Crippen molar-refractivity contribution in [1.29, 1.82) is 0 Å². The number of esters is 2. The zero-order chi connectivity index (χ0) is 26.6. The minimum absolute atomic E-state index is 0.0895. The number of aromatic nitrogens is 1. The number of benzene rings is 2. The van der Waals surface area contributed by atoms with Crippen LogP contribution in [-0.4, -0.2) is 55.7 Å². The number of carbonyl (C=O) groups excluding carboxylic acids is 3. The summed E-state index contributed by atoms with van der Waals surface area (Å²) in [7, 11) is -0.104. The second-order valence-corrected chi connectivity index (χ2v) is 16.2. The first-order chi connectivity index (χ1) is 17.7. The molecular formula is C28H35N3O5Si. The highest BCUT2D eigenvalue weighted by atomic mass is 28.3. The number of amides is 2. The van der Waals surface area contributed by atoms with E-state index in [-0.39, 0.29) is 13.0 Å². The first-order valence-corrected chi connectivity index (χ1v) is 16.3. The summed E-state index contributed by atoms with van der Waals surface area (Å²) in [5.41, 5.74) is 3.48. The lowest BCUT2D eigenvalue weighted by molar-refractivity contribution is -0.151. The lowest BCUT2D eigenvalue weighted by Crippen LogP contribution is -2.55. The molecule has 4 rings (SSSR count). The molecule has 0 fully saturated rings. The van der Waals surface area contributed by atoms with E-state index < -0.39 is 38.1 Å². The lowest BCUT2D eigenvalue weighted by Gasteiger charge is -2.40. The largest absolute Gasteiger partial charge is 0.469 e. The number of nitrogens with one attached hydrogen (secondary N) is 2. The van der Waals surface area contributed by atoms with Crippen molar-refractivity contribution in [3.05, 3.63) is 71.4 Å². The van der Waals surface area contributed by atoms with Gasteiger partial charge in [0.2, 0.25) is 0 Å². The summed E-state index contributed by atoms with van der Waals surface area (Å²) in [6.07, 6.45) is 0.204. The molecule has 1 aliphatic heterocycles. The Bertz CT molecular complexity index is 1270. The maximum Gasteiger partial charge on any atom is 0.329 e. The number of urea groups is 1. The second-order valence-electron chi connectivity index (χ2n) is 10.6. The number of ether oxygens (including phenoxy) is 2. The third-order valence-corrected chi connectivity index (χ3v) is 8.43. The second kappa shape index (κ2) is 11.2. The minimum atomic E-state index is -1.42. The molecule has 0 aliphatic carbocycles. The van der Waals surface area contributed by atoms with Gasteiger partial charge >= 0.3 is 18.0 Å². The van der Waals surface area contributed by atoms with Gasteiger partial charge in [0, 0.05) is 37.6 Å². The van der Waals surface area contributed by atoms with E-state index in [1.165, 1.54) is 12.0 Å². The topological polar surface area (TPSA) is 101 Å². The number of hydrogen-bond acceptors (Lipinski definition) is 5. The van der Waals surface area contributed by atoms with Crippen molar-refractivity contribution >= 4 is 36.9 Å². The van der Waals surface area contributed by atoms with Crippen LogP contribution in [0.2, 0.25) is 25.7 Å². The van der Waals surface area contributed by atoms with Gasteiger partial charge in [-0.2, -0.15) is 0 Å². The number of H-pyrrole nitrogens is 1. The molecule has 2 heterocycles. The van der Waals surface area contributed by atoms with Crippen molar-refractivity contribution in [2.45, 2.75) is 57.2 Å². The molecule has 9 heteroatoms. The fourth-order valence-corrected chi connectivity index (χ4v) is 5.43. The van der Waals surface area contributed by atoms with E-state index in [4.69, 9.17) is 9.47 Å². The average Bonchev–Trinajstić information content (AvgIpc) is 3.25. The predicted octanol–water partition coefficient (Wildman–Crippen LogP) is 4.79. The molecule has 3 aromatic rings. The van der Waals surface area contributed by atoms with E-state index in [0.717, 1.165) is 33.8 Å². The first-order valence-electron chi connectivity index (χ1n) is 12.6. The zero-order valence-electron chi connectivity index (χ0n) is 21.9. The number of carbonyl (C=O) groups is 3. The number of fused-ring (bicyclic) bond motifs is 3. The summed E-state index contributed by atoms with van der Waals surface area (Å²) < 4.78 is 10.7. The number of nitrogens with zero attached hydrogens (tertiary/aromatic N) is 1. The normalized spacial score (nSPS) is 17.2. The minimum Gasteiger partial charge on any atom is -0.469 e. The third-order valence-electron chi connectivity index (χ3n) is 6.73. The molecule has 0 unspecified atom stereocenters. The molecule has 2 amide bonds. The number of para-hydroxylation sites is 1.